The predicted octanol–water partition coefficient (Wildman–Crippen LogP) is 4.66. The number of fused-ring (bicyclic) bond motifs is 1. The fourth-order valence-corrected chi connectivity index (χ4v) is 4.07. The van der Waals surface area contributed by atoms with Crippen molar-refractivity contribution in [2.75, 3.05) is 33.9 Å². The third-order valence-electron chi connectivity index (χ3n) is 5.57. The van der Waals surface area contributed by atoms with Gasteiger partial charge in [-0.05, 0) is 30.2 Å². The summed E-state index contributed by atoms with van der Waals surface area (Å²) in [6.07, 6.45) is 1.04. The number of nitrogens with one attached hydrogen (secondary N) is 1. The van der Waals surface area contributed by atoms with Gasteiger partial charge in [-0.1, -0.05) is 54.6 Å². The summed E-state index contributed by atoms with van der Waals surface area (Å²) < 4.78 is 23.0. The average Bonchev–Trinajstić information content (AvgIpc) is 2.83. The molecule has 1 aliphatic rings. The first-order valence-electron chi connectivity index (χ1n) is 10.6. The molecule has 1 N–H and O–H groups in total. The summed E-state index contributed by atoms with van der Waals surface area (Å²) >= 11 is 0. The van der Waals surface area contributed by atoms with E-state index in [0.29, 0.717) is 36.3 Å². The average molecular weight is 420 g/mol. The van der Waals surface area contributed by atoms with Crippen LogP contribution in [0, 0.1) is 0 Å². The molecule has 0 saturated carbocycles. The van der Waals surface area contributed by atoms with E-state index in [2.05, 4.69) is 53.8 Å². The van der Waals surface area contributed by atoms with Crippen LogP contribution in [-0.4, -0.2) is 40.0 Å². The van der Waals surface area contributed by atoms with Crippen LogP contribution in [0.5, 0.6) is 23.0 Å². The zero-order chi connectivity index (χ0) is 21.5. The van der Waals surface area contributed by atoms with Gasteiger partial charge in [0.05, 0.1) is 14.2 Å². The van der Waals surface area contributed by atoms with Crippen LogP contribution in [0.15, 0.2) is 72.8 Å². The first-order chi connectivity index (χ1) is 15.3. The van der Waals surface area contributed by atoms with E-state index in [4.69, 9.17) is 18.9 Å². The first-order valence-corrected chi connectivity index (χ1v) is 10.6. The fraction of sp³-hybridized carbons (Fsp3) is 0.308. The molecule has 0 unspecified atom stereocenters. The molecule has 1 aliphatic heterocycles. The third kappa shape index (κ3) is 4.94. The summed E-state index contributed by atoms with van der Waals surface area (Å²) in [5, 5.41) is 3.47. The van der Waals surface area contributed by atoms with Gasteiger partial charge in [0, 0.05) is 24.6 Å². The minimum absolute atomic E-state index is 0.0981. The van der Waals surface area contributed by atoms with Gasteiger partial charge in [-0.15, -0.1) is 0 Å². The Kier molecular flexibility index (Phi) is 6.95. The van der Waals surface area contributed by atoms with Crippen molar-refractivity contribution in [3.8, 4) is 23.0 Å². The summed E-state index contributed by atoms with van der Waals surface area (Å²) in [6.45, 7) is 1.95. The van der Waals surface area contributed by atoms with Crippen LogP contribution in [0.2, 0.25) is 0 Å². The standard InChI is InChI=1S/C26H29NO4/c1-28-24-13-8-14-25(29-2)26(24)30-16-15-27-18-20-17-22(19-9-4-3-5-10-19)21-11-6-7-12-23(21)31-20/h3-14,20,22,27H,15-18H2,1-2H3/t20-,22+/m0/s1. The van der Waals surface area contributed by atoms with Gasteiger partial charge in [0.2, 0.25) is 5.75 Å². The molecule has 0 amide bonds. The van der Waals surface area contributed by atoms with E-state index in [1.165, 1.54) is 11.1 Å². The van der Waals surface area contributed by atoms with E-state index in [1.807, 2.05) is 24.3 Å². The number of hydrogen-bond acceptors (Lipinski definition) is 5. The lowest BCUT2D eigenvalue weighted by Gasteiger charge is -2.32. The van der Waals surface area contributed by atoms with Crippen molar-refractivity contribution in [2.45, 2.75) is 18.4 Å². The lowest BCUT2D eigenvalue weighted by molar-refractivity contribution is 0.159. The fourth-order valence-electron chi connectivity index (χ4n) is 4.07. The Morgan fingerprint density at radius 2 is 1.58 bits per heavy atom. The molecule has 0 bridgehead atoms. The second-order valence-electron chi connectivity index (χ2n) is 7.52. The summed E-state index contributed by atoms with van der Waals surface area (Å²) in [5.74, 6) is 3.27. The molecule has 5 nitrogen and oxygen atoms in total. The van der Waals surface area contributed by atoms with Gasteiger partial charge in [-0.3, -0.25) is 0 Å². The number of ether oxygens (including phenoxy) is 4. The van der Waals surface area contributed by atoms with Crippen molar-refractivity contribution >= 4 is 0 Å². The van der Waals surface area contributed by atoms with Gasteiger partial charge in [0.25, 0.3) is 0 Å². The largest absolute Gasteiger partial charge is 0.493 e. The summed E-state index contributed by atoms with van der Waals surface area (Å²) in [4.78, 5) is 0. The van der Waals surface area contributed by atoms with Crippen LogP contribution in [0.3, 0.4) is 0 Å². The summed E-state index contributed by atoms with van der Waals surface area (Å²) in [5.41, 5.74) is 2.59. The number of benzene rings is 3. The van der Waals surface area contributed by atoms with Crippen molar-refractivity contribution < 1.29 is 18.9 Å². The second-order valence-corrected chi connectivity index (χ2v) is 7.52. The van der Waals surface area contributed by atoms with Gasteiger partial charge < -0.3 is 24.3 Å². The molecule has 2 atom stereocenters. The zero-order valence-electron chi connectivity index (χ0n) is 18.0. The first kappa shape index (κ1) is 21.1. The van der Waals surface area contributed by atoms with Crippen molar-refractivity contribution in [3.05, 3.63) is 83.9 Å². The van der Waals surface area contributed by atoms with E-state index in [0.717, 1.165) is 18.7 Å². The maximum atomic E-state index is 6.28. The second kappa shape index (κ2) is 10.2. The minimum Gasteiger partial charge on any atom is -0.493 e. The Bertz CT molecular complexity index is 954. The smallest absolute Gasteiger partial charge is 0.203 e. The number of para-hydroxylation sites is 2. The normalized spacial score (nSPS) is 17.4. The Morgan fingerprint density at radius 1 is 0.871 bits per heavy atom. The van der Waals surface area contributed by atoms with E-state index >= 15 is 0 Å². The van der Waals surface area contributed by atoms with E-state index in [-0.39, 0.29) is 6.10 Å². The van der Waals surface area contributed by atoms with Crippen LogP contribution >= 0.6 is 0 Å². The van der Waals surface area contributed by atoms with Crippen LogP contribution in [0.4, 0.5) is 0 Å². The van der Waals surface area contributed by atoms with Crippen molar-refractivity contribution in [2.24, 2.45) is 0 Å². The summed E-state index contributed by atoms with van der Waals surface area (Å²) in [6, 6.07) is 24.6. The molecule has 3 aromatic carbocycles. The molecule has 4 rings (SSSR count). The van der Waals surface area contributed by atoms with Gasteiger partial charge in [-0.2, -0.15) is 0 Å². The Hall–Kier alpha value is -3.18. The summed E-state index contributed by atoms with van der Waals surface area (Å²) in [7, 11) is 3.25. The van der Waals surface area contributed by atoms with Crippen LogP contribution in [-0.2, 0) is 0 Å². The highest BCUT2D eigenvalue weighted by Crippen LogP contribution is 2.40. The van der Waals surface area contributed by atoms with E-state index in [1.54, 1.807) is 14.2 Å². The van der Waals surface area contributed by atoms with E-state index in [9.17, 15) is 0 Å². The molecule has 0 fully saturated rings. The quantitative estimate of drug-likeness (QED) is 0.512. The van der Waals surface area contributed by atoms with E-state index < -0.39 is 0 Å². The zero-order valence-corrected chi connectivity index (χ0v) is 18.0. The highest BCUT2D eigenvalue weighted by molar-refractivity contribution is 5.51. The minimum atomic E-state index is 0.0981. The Balaban J connectivity index is 1.34. The molecular formula is C26H29NO4. The van der Waals surface area contributed by atoms with Crippen LogP contribution < -0.4 is 24.3 Å². The van der Waals surface area contributed by atoms with Gasteiger partial charge >= 0.3 is 0 Å². The SMILES string of the molecule is COc1cccc(OC)c1OCCNC[C@@H]1C[C@H](c2ccccc2)c2ccccc2O1. The van der Waals surface area contributed by atoms with Crippen LogP contribution in [0.1, 0.15) is 23.5 Å². The molecule has 0 radical (unpaired) electrons. The third-order valence-corrected chi connectivity index (χ3v) is 5.57. The Labute approximate surface area is 183 Å². The molecule has 5 heteroatoms. The molecular weight excluding hydrogens is 390 g/mol. The lowest BCUT2D eigenvalue weighted by Crippen LogP contribution is -2.37. The molecule has 3 aromatic rings. The molecule has 1 heterocycles. The maximum absolute atomic E-state index is 6.28. The molecule has 0 aromatic heterocycles. The lowest BCUT2D eigenvalue weighted by atomic mass is 9.84. The van der Waals surface area contributed by atoms with Crippen molar-refractivity contribution in [3.63, 3.8) is 0 Å². The van der Waals surface area contributed by atoms with Gasteiger partial charge in [0.1, 0.15) is 18.5 Å². The molecule has 0 aliphatic carbocycles. The molecule has 0 saturated heterocycles. The number of rotatable bonds is 9. The topological polar surface area (TPSA) is 49.0 Å². The van der Waals surface area contributed by atoms with Gasteiger partial charge in [0.15, 0.2) is 11.5 Å². The highest BCUT2D eigenvalue weighted by Gasteiger charge is 2.28. The number of hydrogen-bond donors (Lipinski definition) is 1. The maximum Gasteiger partial charge on any atom is 0.203 e. The Morgan fingerprint density at radius 3 is 2.32 bits per heavy atom. The van der Waals surface area contributed by atoms with Crippen LogP contribution in [0.25, 0.3) is 0 Å². The number of methoxy groups -OCH3 is 2. The van der Waals surface area contributed by atoms with Gasteiger partial charge in [-0.25, -0.2) is 0 Å². The highest BCUT2D eigenvalue weighted by atomic mass is 16.5. The molecule has 31 heavy (non-hydrogen) atoms. The monoisotopic (exact) mass is 419 g/mol. The molecule has 0 spiro atoms. The van der Waals surface area contributed by atoms with Crippen molar-refractivity contribution in [1.82, 2.24) is 5.32 Å². The molecule has 162 valence electrons. The van der Waals surface area contributed by atoms with Crippen molar-refractivity contribution in [1.29, 1.82) is 0 Å². The predicted molar refractivity (Wildman–Crippen MR) is 122 cm³/mol.